The quantitative estimate of drug-likeness (QED) is 0.804. The summed E-state index contributed by atoms with van der Waals surface area (Å²) >= 11 is 0. The SMILES string of the molecule is Cc1ccccc1NC(=O)CN1C(=O)N[C@](C)(c2ccc3c(c2)CCC3)C1=O. The zero-order valence-electron chi connectivity index (χ0n) is 16.0. The van der Waals surface area contributed by atoms with Crippen LogP contribution in [0, 0.1) is 6.92 Å². The summed E-state index contributed by atoms with van der Waals surface area (Å²) in [6.07, 6.45) is 3.16. The molecule has 4 amide bonds. The summed E-state index contributed by atoms with van der Waals surface area (Å²) in [5, 5.41) is 5.54. The van der Waals surface area contributed by atoms with E-state index in [0.29, 0.717) is 5.69 Å². The van der Waals surface area contributed by atoms with Crippen molar-refractivity contribution in [3.63, 3.8) is 0 Å². The summed E-state index contributed by atoms with van der Waals surface area (Å²) in [6.45, 7) is 3.26. The van der Waals surface area contributed by atoms with Gasteiger partial charge in [-0.15, -0.1) is 0 Å². The number of fused-ring (bicyclic) bond motifs is 1. The van der Waals surface area contributed by atoms with Crippen LogP contribution < -0.4 is 10.6 Å². The van der Waals surface area contributed by atoms with E-state index in [9.17, 15) is 14.4 Å². The number of para-hydroxylation sites is 1. The number of hydrogen-bond acceptors (Lipinski definition) is 3. The fourth-order valence-electron chi connectivity index (χ4n) is 3.97. The average Bonchev–Trinajstić information content (AvgIpc) is 3.22. The molecule has 0 unspecified atom stereocenters. The minimum atomic E-state index is -1.16. The van der Waals surface area contributed by atoms with Gasteiger partial charge in [0.2, 0.25) is 5.91 Å². The number of imide groups is 1. The summed E-state index contributed by atoms with van der Waals surface area (Å²) in [5.74, 6) is -0.814. The maximum atomic E-state index is 13.1. The summed E-state index contributed by atoms with van der Waals surface area (Å²) in [5.41, 5.74) is 3.72. The van der Waals surface area contributed by atoms with Gasteiger partial charge in [0.1, 0.15) is 12.1 Å². The fourth-order valence-corrected chi connectivity index (χ4v) is 3.97. The third kappa shape index (κ3) is 3.05. The van der Waals surface area contributed by atoms with E-state index in [4.69, 9.17) is 0 Å². The molecule has 6 heteroatoms. The second kappa shape index (κ2) is 6.78. The maximum absolute atomic E-state index is 13.1. The van der Waals surface area contributed by atoms with E-state index in [-0.39, 0.29) is 6.54 Å². The minimum absolute atomic E-state index is 0.320. The number of carbonyl (C=O) groups is 3. The number of carbonyl (C=O) groups excluding carboxylic acids is 3. The molecule has 2 aromatic carbocycles. The van der Waals surface area contributed by atoms with Crippen molar-refractivity contribution in [2.75, 3.05) is 11.9 Å². The van der Waals surface area contributed by atoms with E-state index in [2.05, 4.69) is 10.6 Å². The van der Waals surface area contributed by atoms with Crippen LogP contribution in [-0.2, 0) is 28.0 Å². The Morgan fingerprint density at radius 3 is 2.68 bits per heavy atom. The zero-order chi connectivity index (χ0) is 19.9. The van der Waals surface area contributed by atoms with Gasteiger partial charge >= 0.3 is 6.03 Å². The lowest BCUT2D eigenvalue weighted by Gasteiger charge is -2.23. The van der Waals surface area contributed by atoms with Gasteiger partial charge in [0.25, 0.3) is 5.91 Å². The molecule has 144 valence electrons. The number of nitrogens with zero attached hydrogens (tertiary/aromatic N) is 1. The van der Waals surface area contributed by atoms with Crippen LogP contribution in [0.2, 0.25) is 0 Å². The molecule has 1 aliphatic carbocycles. The molecule has 0 aromatic heterocycles. The molecule has 0 saturated carbocycles. The zero-order valence-corrected chi connectivity index (χ0v) is 16.0. The lowest BCUT2D eigenvalue weighted by Crippen LogP contribution is -2.42. The van der Waals surface area contributed by atoms with Crippen LogP contribution in [0.5, 0.6) is 0 Å². The number of benzene rings is 2. The highest BCUT2D eigenvalue weighted by molar-refractivity contribution is 6.10. The summed E-state index contributed by atoms with van der Waals surface area (Å²) < 4.78 is 0. The normalized spacial score (nSPS) is 20.9. The lowest BCUT2D eigenvalue weighted by molar-refractivity contribution is -0.133. The van der Waals surface area contributed by atoms with Gasteiger partial charge in [-0.05, 0) is 61.4 Å². The second-order valence-corrected chi connectivity index (χ2v) is 7.65. The molecule has 1 aliphatic heterocycles. The Hall–Kier alpha value is -3.15. The Balaban J connectivity index is 1.52. The van der Waals surface area contributed by atoms with Crippen LogP contribution >= 0.6 is 0 Å². The van der Waals surface area contributed by atoms with Crippen LogP contribution in [0.15, 0.2) is 42.5 Å². The minimum Gasteiger partial charge on any atom is -0.324 e. The van der Waals surface area contributed by atoms with E-state index < -0.39 is 23.4 Å². The topological polar surface area (TPSA) is 78.5 Å². The number of rotatable bonds is 4. The third-order valence-electron chi connectivity index (χ3n) is 5.67. The number of hydrogen-bond donors (Lipinski definition) is 2. The molecule has 1 heterocycles. The van der Waals surface area contributed by atoms with Crippen molar-refractivity contribution in [2.24, 2.45) is 0 Å². The first kappa shape index (κ1) is 18.2. The smallest absolute Gasteiger partial charge is 0.324 e. The molecule has 4 rings (SSSR count). The molecule has 2 aromatic rings. The van der Waals surface area contributed by atoms with Crippen molar-refractivity contribution in [3.8, 4) is 0 Å². The van der Waals surface area contributed by atoms with E-state index in [1.54, 1.807) is 13.0 Å². The van der Waals surface area contributed by atoms with E-state index in [1.165, 1.54) is 11.1 Å². The first-order chi connectivity index (χ1) is 13.4. The van der Waals surface area contributed by atoms with Gasteiger partial charge in [0.15, 0.2) is 0 Å². The molecule has 6 nitrogen and oxygen atoms in total. The van der Waals surface area contributed by atoms with E-state index in [1.807, 2.05) is 43.3 Å². The largest absolute Gasteiger partial charge is 0.325 e. The van der Waals surface area contributed by atoms with Crippen LogP contribution in [0.1, 0.15) is 35.6 Å². The summed E-state index contributed by atoms with van der Waals surface area (Å²) in [7, 11) is 0. The Kier molecular flexibility index (Phi) is 4.41. The van der Waals surface area contributed by atoms with Crippen molar-refractivity contribution >= 4 is 23.5 Å². The van der Waals surface area contributed by atoms with Gasteiger partial charge in [-0.1, -0.05) is 36.4 Å². The van der Waals surface area contributed by atoms with Gasteiger partial charge in [0, 0.05) is 5.69 Å². The summed E-state index contributed by atoms with van der Waals surface area (Å²) in [6, 6.07) is 12.8. The molecule has 0 bridgehead atoms. The van der Waals surface area contributed by atoms with Crippen molar-refractivity contribution in [1.29, 1.82) is 0 Å². The first-order valence-electron chi connectivity index (χ1n) is 9.50. The van der Waals surface area contributed by atoms with Crippen LogP contribution in [0.3, 0.4) is 0 Å². The van der Waals surface area contributed by atoms with Crippen molar-refractivity contribution < 1.29 is 14.4 Å². The number of amides is 4. The molecule has 2 N–H and O–H groups in total. The van der Waals surface area contributed by atoms with E-state index in [0.717, 1.165) is 35.3 Å². The monoisotopic (exact) mass is 377 g/mol. The van der Waals surface area contributed by atoms with Gasteiger partial charge in [-0.2, -0.15) is 0 Å². The molecule has 1 saturated heterocycles. The van der Waals surface area contributed by atoms with Crippen molar-refractivity contribution in [1.82, 2.24) is 10.2 Å². The fraction of sp³-hybridized carbons (Fsp3) is 0.318. The highest BCUT2D eigenvalue weighted by atomic mass is 16.2. The molecular formula is C22H23N3O3. The number of anilines is 1. The maximum Gasteiger partial charge on any atom is 0.325 e. The third-order valence-corrected chi connectivity index (χ3v) is 5.67. The Bertz CT molecular complexity index is 985. The predicted molar refractivity (Wildman–Crippen MR) is 106 cm³/mol. The Labute approximate surface area is 163 Å². The predicted octanol–water partition coefficient (Wildman–Crippen LogP) is 2.89. The highest BCUT2D eigenvalue weighted by Gasteiger charge is 2.49. The van der Waals surface area contributed by atoms with Gasteiger partial charge in [0.05, 0.1) is 0 Å². The summed E-state index contributed by atoms with van der Waals surface area (Å²) in [4.78, 5) is 38.9. The first-order valence-corrected chi connectivity index (χ1v) is 9.50. The van der Waals surface area contributed by atoms with Crippen LogP contribution in [0.4, 0.5) is 10.5 Å². The average molecular weight is 377 g/mol. The number of urea groups is 1. The second-order valence-electron chi connectivity index (χ2n) is 7.65. The van der Waals surface area contributed by atoms with Gasteiger partial charge in [-0.3, -0.25) is 14.5 Å². The molecule has 28 heavy (non-hydrogen) atoms. The van der Waals surface area contributed by atoms with Gasteiger partial charge in [-0.25, -0.2) is 4.79 Å². The Morgan fingerprint density at radius 2 is 1.89 bits per heavy atom. The molecule has 0 spiro atoms. The van der Waals surface area contributed by atoms with Crippen LogP contribution in [0.25, 0.3) is 0 Å². The number of aryl methyl sites for hydroxylation is 3. The molecule has 0 radical (unpaired) electrons. The number of nitrogens with one attached hydrogen (secondary N) is 2. The van der Waals surface area contributed by atoms with Gasteiger partial charge < -0.3 is 10.6 Å². The van der Waals surface area contributed by atoms with Crippen molar-refractivity contribution in [2.45, 2.75) is 38.6 Å². The molecular weight excluding hydrogens is 354 g/mol. The lowest BCUT2D eigenvalue weighted by atomic mass is 9.89. The molecule has 1 atom stereocenters. The van der Waals surface area contributed by atoms with Crippen LogP contribution in [-0.4, -0.2) is 29.3 Å². The molecule has 1 fully saturated rings. The Morgan fingerprint density at radius 1 is 1.14 bits per heavy atom. The van der Waals surface area contributed by atoms with Crippen molar-refractivity contribution in [3.05, 3.63) is 64.7 Å². The highest BCUT2D eigenvalue weighted by Crippen LogP contribution is 2.32. The molecule has 2 aliphatic rings. The standard InChI is InChI=1S/C22H23N3O3/c1-14-6-3-4-9-18(14)23-19(26)13-25-20(27)22(2,24-21(25)28)17-11-10-15-7-5-8-16(15)12-17/h3-4,6,9-12H,5,7-8,13H2,1-2H3,(H,23,26)(H,24,28)/t22-/m1/s1. The van der Waals surface area contributed by atoms with E-state index >= 15 is 0 Å².